The van der Waals surface area contributed by atoms with Crippen molar-refractivity contribution in [1.29, 1.82) is 5.26 Å². The van der Waals surface area contributed by atoms with E-state index in [0.29, 0.717) is 5.69 Å². The highest BCUT2D eigenvalue weighted by Crippen LogP contribution is 2.20. The summed E-state index contributed by atoms with van der Waals surface area (Å²) in [5.74, 6) is -0.672. The fourth-order valence-corrected chi connectivity index (χ4v) is 1.29. The normalized spacial score (nSPS) is 12.1. The molecule has 18 heavy (non-hydrogen) atoms. The second-order valence-electron chi connectivity index (χ2n) is 3.79. The first-order valence-electron chi connectivity index (χ1n) is 5.62. The van der Waals surface area contributed by atoms with Crippen molar-refractivity contribution in [3.63, 3.8) is 0 Å². The molecule has 5 nitrogen and oxygen atoms in total. The number of nitriles is 1. The van der Waals surface area contributed by atoms with Gasteiger partial charge in [0.2, 0.25) is 0 Å². The maximum Gasteiger partial charge on any atom is 0.347 e. The first-order chi connectivity index (χ1) is 8.58. The van der Waals surface area contributed by atoms with Crippen molar-refractivity contribution in [3.05, 3.63) is 29.3 Å². The molecule has 0 saturated carbocycles. The number of nitrogens with zero attached hydrogens (tertiary/aromatic N) is 3. The highest BCUT2D eigenvalue weighted by molar-refractivity contribution is 5.79. The average molecular weight is 245 g/mol. The minimum absolute atomic E-state index is 0.218. The Labute approximate surface area is 106 Å². The van der Waals surface area contributed by atoms with Gasteiger partial charge in [0.1, 0.15) is 6.07 Å². The number of ether oxygens (including phenoxy) is 1. The molecule has 0 bridgehead atoms. The molecule has 1 aromatic carbocycles. The van der Waals surface area contributed by atoms with Gasteiger partial charge in [0, 0.05) is 0 Å². The Kier molecular flexibility index (Phi) is 5.00. The highest BCUT2D eigenvalue weighted by atomic mass is 16.5. The van der Waals surface area contributed by atoms with Crippen molar-refractivity contribution in [2.75, 3.05) is 6.61 Å². The molecule has 0 aliphatic heterocycles. The number of aryl methyl sites for hydroxylation is 2. The zero-order chi connectivity index (χ0) is 13.5. The smallest absolute Gasteiger partial charge is 0.347 e. The Hall–Kier alpha value is -2.22. The Morgan fingerprint density at radius 3 is 2.83 bits per heavy atom. The summed E-state index contributed by atoms with van der Waals surface area (Å²) in [4.78, 5) is 11.3. The van der Waals surface area contributed by atoms with Crippen LogP contribution in [0.5, 0.6) is 0 Å². The number of carbonyl (C=O) groups is 1. The van der Waals surface area contributed by atoms with E-state index < -0.39 is 12.0 Å². The number of hydrogen-bond donors (Lipinski definition) is 0. The van der Waals surface area contributed by atoms with E-state index >= 15 is 0 Å². The fourth-order valence-electron chi connectivity index (χ4n) is 1.29. The summed E-state index contributed by atoms with van der Waals surface area (Å²) in [6.07, 6.45) is 0. The van der Waals surface area contributed by atoms with E-state index in [1.807, 2.05) is 32.0 Å². The van der Waals surface area contributed by atoms with Gasteiger partial charge in [-0.1, -0.05) is 12.1 Å². The third-order valence-electron chi connectivity index (χ3n) is 2.28. The first kappa shape index (κ1) is 13.8. The van der Waals surface area contributed by atoms with Crippen LogP contribution in [0.15, 0.2) is 28.4 Å². The Bertz CT molecular complexity index is 503. The molecule has 0 saturated heterocycles. The zero-order valence-electron chi connectivity index (χ0n) is 10.7. The minimum atomic E-state index is -1.20. The Balaban J connectivity index is 2.88. The first-order valence-corrected chi connectivity index (χ1v) is 5.62. The fraction of sp³-hybridized carbons (Fsp3) is 0.385. The van der Waals surface area contributed by atoms with Crippen LogP contribution in [0.2, 0.25) is 0 Å². The van der Waals surface area contributed by atoms with Crippen LogP contribution in [0.1, 0.15) is 18.1 Å². The molecule has 0 radical (unpaired) electrons. The van der Waals surface area contributed by atoms with Gasteiger partial charge in [-0.25, -0.2) is 4.79 Å². The van der Waals surface area contributed by atoms with Gasteiger partial charge in [-0.15, -0.1) is 0 Å². The largest absolute Gasteiger partial charge is 0.464 e. The number of carbonyl (C=O) groups excluding carboxylic acids is 1. The molecule has 0 aliphatic carbocycles. The van der Waals surface area contributed by atoms with Crippen molar-refractivity contribution in [3.8, 4) is 6.07 Å². The van der Waals surface area contributed by atoms with E-state index in [4.69, 9.17) is 10.00 Å². The lowest BCUT2D eigenvalue weighted by atomic mass is 10.1. The third-order valence-corrected chi connectivity index (χ3v) is 2.28. The van der Waals surface area contributed by atoms with Crippen molar-refractivity contribution in [2.45, 2.75) is 26.8 Å². The lowest BCUT2D eigenvalue weighted by Gasteiger charge is -2.03. The molecule has 0 aliphatic rings. The van der Waals surface area contributed by atoms with Gasteiger partial charge in [0.15, 0.2) is 0 Å². The monoisotopic (exact) mass is 245 g/mol. The molecule has 94 valence electrons. The molecular formula is C13H15N3O2. The average Bonchev–Trinajstić information content (AvgIpc) is 2.34. The lowest BCUT2D eigenvalue weighted by molar-refractivity contribution is -0.143. The van der Waals surface area contributed by atoms with Crippen LogP contribution < -0.4 is 0 Å². The van der Waals surface area contributed by atoms with Crippen LogP contribution in [0.4, 0.5) is 5.69 Å². The van der Waals surface area contributed by atoms with Gasteiger partial charge in [-0.05, 0) is 38.0 Å². The molecule has 5 heteroatoms. The number of azo groups is 1. The van der Waals surface area contributed by atoms with E-state index in [1.54, 1.807) is 13.0 Å². The maximum absolute atomic E-state index is 11.3. The van der Waals surface area contributed by atoms with E-state index in [1.165, 1.54) is 0 Å². The van der Waals surface area contributed by atoms with Crippen LogP contribution >= 0.6 is 0 Å². The molecule has 0 N–H and O–H groups in total. The third kappa shape index (κ3) is 3.67. The summed E-state index contributed by atoms with van der Waals surface area (Å²) in [7, 11) is 0. The van der Waals surface area contributed by atoms with Gasteiger partial charge in [-0.2, -0.15) is 15.5 Å². The SMILES string of the molecule is CCOC(=O)[C@H](C#N)N=Nc1cc(C)ccc1C. The number of benzene rings is 1. The predicted octanol–water partition coefficient (Wildman–Crippen LogP) is 2.84. The minimum Gasteiger partial charge on any atom is -0.464 e. The van der Waals surface area contributed by atoms with Crippen LogP contribution in [-0.4, -0.2) is 18.6 Å². The molecule has 1 rings (SSSR count). The molecule has 0 fully saturated rings. The number of rotatable bonds is 4. The summed E-state index contributed by atoms with van der Waals surface area (Å²) in [5.41, 5.74) is 2.63. The van der Waals surface area contributed by atoms with E-state index in [0.717, 1.165) is 11.1 Å². The van der Waals surface area contributed by atoms with Gasteiger partial charge >= 0.3 is 5.97 Å². The van der Waals surface area contributed by atoms with Gasteiger partial charge in [0.25, 0.3) is 6.04 Å². The van der Waals surface area contributed by atoms with Gasteiger partial charge in [0.05, 0.1) is 12.3 Å². The molecule has 1 atom stereocenters. The van der Waals surface area contributed by atoms with Crippen molar-refractivity contribution < 1.29 is 9.53 Å². The van der Waals surface area contributed by atoms with E-state index in [9.17, 15) is 4.79 Å². The summed E-state index contributed by atoms with van der Waals surface area (Å²) in [6.45, 7) is 5.72. The Morgan fingerprint density at radius 1 is 1.50 bits per heavy atom. The number of hydrogen-bond acceptors (Lipinski definition) is 5. The predicted molar refractivity (Wildman–Crippen MR) is 66.5 cm³/mol. The van der Waals surface area contributed by atoms with E-state index in [2.05, 4.69) is 10.2 Å². The van der Waals surface area contributed by atoms with Crippen LogP contribution in [0.3, 0.4) is 0 Å². The highest BCUT2D eigenvalue weighted by Gasteiger charge is 2.18. The number of esters is 1. The second-order valence-corrected chi connectivity index (χ2v) is 3.79. The van der Waals surface area contributed by atoms with Crippen molar-refractivity contribution in [1.82, 2.24) is 0 Å². The lowest BCUT2D eigenvalue weighted by Crippen LogP contribution is -2.19. The molecular weight excluding hydrogens is 230 g/mol. The summed E-state index contributed by atoms with van der Waals surface area (Å²) >= 11 is 0. The standard InChI is InChI=1S/C13H15N3O2/c1-4-18-13(17)12(8-14)16-15-11-7-9(2)5-6-10(11)3/h5-7,12H,4H2,1-3H3/t12-/m0/s1. The summed E-state index contributed by atoms with van der Waals surface area (Å²) in [6, 6.07) is 6.27. The van der Waals surface area contributed by atoms with Gasteiger partial charge < -0.3 is 4.74 Å². The zero-order valence-corrected chi connectivity index (χ0v) is 10.7. The van der Waals surface area contributed by atoms with Crippen molar-refractivity contribution >= 4 is 11.7 Å². The van der Waals surface area contributed by atoms with Crippen LogP contribution in [0.25, 0.3) is 0 Å². The maximum atomic E-state index is 11.3. The quantitative estimate of drug-likeness (QED) is 0.604. The molecule has 0 spiro atoms. The summed E-state index contributed by atoms with van der Waals surface area (Å²) < 4.78 is 4.72. The van der Waals surface area contributed by atoms with Crippen LogP contribution in [0, 0.1) is 25.2 Å². The molecule has 0 amide bonds. The molecule has 1 aromatic rings. The van der Waals surface area contributed by atoms with Gasteiger partial charge in [-0.3, -0.25) is 0 Å². The summed E-state index contributed by atoms with van der Waals surface area (Å²) in [5, 5.41) is 16.5. The molecule has 0 aromatic heterocycles. The van der Waals surface area contributed by atoms with Crippen LogP contribution in [-0.2, 0) is 9.53 Å². The topological polar surface area (TPSA) is 74.8 Å². The molecule has 0 heterocycles. The second kappa shape index (κ2) is 6.50. The van der Waals surface area contributed by atoms with E-state index in [-0.39, 0.29) is 6.61 Å². The molecule has 0 unspecified atom stereocenters. The van der Waals surface area contributed by atoms with Crippen molar-refractivity contribution in [2.24, 2.45) is 10.2 Å². The Morgan fingerprint density at radius 2 is 2.22 bits per heavy atom.